The Morgan fingerprint density at radius 2 is 2.27 bits per heavy atom. The van der Waals surface area contributed by atoms with E-state index in [0.29, 0.717) is 0 Å². The molecule has 1 aliphatic carbocycles. The Morgan fingerprint density at radius 1 is 1.64 bits per heavy atom. The zero-order chi connectivity index (χ0) is 8.06. The summed E-state index contributed by atoms with van der Waals surface area (Å²) in [6.45, 7) is 0. The zero-order valence-electron chi connectivity index (χ0n) is 5.35. The van der Waals surface area contributed by atoms with E-state index in [0.717, 1.165) is 12.1 Å². The van der Waals surface area contributed by atoms with Crippen LogP contribution in [0.1, 0.15) is 18.0 Å². The second-order valence-electron chi connectivity index (χ2n) is 2.57. The van der Waals surface area contributed by atoms with E-state index in [1.54, 1.807) is 6.07 Å². The van der Waals surface area contributed by atoms with Gasteiger partial charge in [0.25, 0.3) is 0 Å². The molecule has 0 aliphatic heterocycles. The minimum Gasteiger partial charge on any atom is -0.344 e. The molecular formula is C6H4Cl3NO. The summed E-state index contributed by atoms with van der Waals surface area (Å²) >= 11 is 17.1. The summed E-state index contributed by atoms with van der Waals surface area (Å²) in [4.78, 5) is 0. The molecule has 1 saturated carbocycles. The molecule has 5 heteroatoms. The molecule has 1 aromatic rings. The van der Waals surface area contributed by atoms with Gasteiger partial charge < -0.3 is 4.52 Å². The standard InChI is InChI=1S/C6H4Cl3NO/c7-5-1-4(10-11-5)3-2-6(3,8)9/h1,3H,2H2. The molecule has 1 aliphatic rings. The summed E-state index contributed by atoms with van der Waals surface area (Å²) in [5, 5.41) is 3.97. The van der Waals surface area contributed by atoms with Crippen molar-refractivity contribution in [3.8, 4) is 0 Å². The average Bonchev–Trinajstić information content (AvgIpc) is 2.39. The van der Waals surface area contributed by atoms with Crippen LogP contribution < -0.4 is 0 Å². The van der Waals surface area contributed by atoms with E-state index in [1.165, 1.54) is 0 Å². The number of rotatable bonds is 1. The molecule has 60 valence electrons. The highest BCUT2D eigenvalue weighted by Crippen LogP contribution is 2.59. The van der Waals surface area contributed by atoms with E-state index in [4.69, 9.17) is 34.8 Å². The number of nitrogens with zero attached hydrogens (tertiary/aromatic N) is 1. The van der Waals surface area contributed by atoms with Gasteiger partial charge in [-0.1, -0.05) is 5.16 Å². The quantitative estimate of drug-likeness (QED) is 0.669. The summed E-state index contributed by atoms with van der Waals surface area (Å²) < 4.78 is 4.00. The van der Waals surface area contributed by atoms with Gasteiger partial charge in [0.1, 0.15) is 4.33 Å². The molecule has 1 heterocycles. The number of aromatic nitrogens is 1. The van der Waals surface area contributed by atoms with Gasteiger partial charge in [-0.3, -0.25) is 0 Å². The topological polar surface area (TPSA) is 26.0 Å². The summed E-state index contributed by atoms with van der Waals surface area (Å²) in [5.74, 6) is 0.0853. The molecule has 0 aromatic carbocycles. The van der Waals surface area contributed by atoms with Crippen molar-refractivity contribution in [1.29, 1.82) is 0 Å². The largest absolute Gasteiger partial charge is 0.344 e. The minimum absolute atomic E-state index is 0.0853. The third-order valence-corrected chi connectivity index (χ3v) is 2.70. The maximum atomic E-state index is 5.79. The van der Waals surface area contributed by atoms with Gasteiger partial charge in [0.2, 0.25) is 5.22 Å². The van der Waals surface area contributed by atoms with Gasteiger partial charge in [0.15, 0.2) is 0 Å². The van der Waals surface area contributed by atoms with Crippen molar-refractivity contribution in [2.75, 3.05) is 0 Å². The van der Waals surface area contributed by atoms with Gasteiger partial charge in [-0.15, -0.1) is 23.2 Å². The van der Waals surface area contributed by atoms with Crippen molar-refractivity contribution in [1.82, 2.24) is 5.16 Å². The molecule has 0 spiro atoms. The van der Waals surface area contributed by atoms with Gasteiger partial charge in [-0.2, -0.15) is 0 Å². The summed E-state index contributed by atoms with van der Waals surface area (Å²) in [7, 11) is 0. The number of halogens is 3. The first-order valence-electron chi connectivity index (χ1n) is 3.09. The van der Waals surface area contributed by atoms with Crippen molar-refractivity contribution in [3.63, 3.8) is 0 Å². The molecule has 1 aromatic heterocycles. The van der Waals surface area contributed by atoms with Crippen LogP contribution in [0.3, 0.4) is 0 Å². The van der Waals surface area contributed by atoms with E-state index >= 15 is 0 Å². The first-order valence-corrected chi connectivity index (χ1v) is 4.23. The molecule has 1 unspecified atom stereocenters. The maximum absolute atomic E-state index is 5.79. The number of hydrogen-bond acceptors (Lipinski definition) is 2. The van der Waals surface area contributed by atoms with Crippen LogP contribution in [-0.2, 0) is 0 Å². The van der Waals surface area contributed by atoms with E-state index in [9.17, 15) is 0 Å². The Kier molecular flexibility index (Phi) is 1.60. The average molecular weight is 212 g/mol. The molecule has 0 radical (unpaired) electrons. The lowest BCUT2D eigenvalue weighted by atomic mass is 10.3. The van der Waals surface area contributed by atoms with Crippen molar-refractivity contribution in [2.45, 2.75) is 16.7 Å². The van der Waals surface area contributed by atoms with Crippen molar-refractivity contribution in [2.24, 2.45) is 0 Å². The fraction of sp³-hybridized carbons (Fsp3) is 0.500. The van der Waals surface area contributed by atoms with Crippen LogP contribution >= 0.6 is 34.8 Å². The molecule has 1 atom stereocenters. The zero-order valence-corrected chi connectivity index (χ0v) is 7.62. The van der Waals surface area contributed by atoms with Crippen LogP contribution in [-0.4, -0.2) is 9.49 Å². The van der Waals surface area contributed by atoms with Crippen LogP contribution in [0.4, 0.5) is 0 Å². The lowest BCUT2D eigenvalue weighted by Crippen LogP contribution is -1.88. The smallest absolute Gasteiger partial charge is 0.226 e. The van der Waals surface area contributed by atoms with Gasteiger partial charge in [0, 0.05) is 12.0 Å². The molecule has 2 rings (SSSR count). The van der Waals surface area contributed by atoms with Crippen molar-refractivity contribution in [3.05, 3.63) is 17.0 Å². The second-order valence-corrected chi connectivity index (χ2v) is 4.49. The first-order chi connectivity index (χ1) is 5.09. The highest BCUT2D eigenvalue weighted by molar-refractivity contribution is 6.51. The number of hydrogen-bond donors (Lipinski definition) is 0. The van der Waals surface area contributed by atoms with Gasteiger partial charge in [-0.05, 0) is 18.0 Å². The van der Waals surface area contributed by atoms with Gasteiger partial charge in [-0.25, -0.2) is 0 Å². The van der Waals surface area contributed by atoms with Crippen LogP contribution in [0.25, 0.3) is 0 Å². The monoisotopic (exact) mass is 211 g/mol. The van der Waals surface area contributed by atoms with E-state index in [-0.39, 0.29) is 11.1 Å². The van der Waals surface area contributed by atoms with Crippen LogP contribution in [0.5, 0.6) is 0 Å². The van der Waals surface area contributed by atoms with Crippen LogP contribution in [0, 0.1) is 0 Å². The molecule has 0 N–H and O–H groups in total. The predicted molar refractivity (Wildman–Crippen MR) is 43.3 cm³/mol. The molecule has 1 fully saturated rings. The van der Waals surface area contributed by atoms with E-state index in [1.807, 2.05) is 0 Å². The third kappa shape index (κ3) is 1.35. The fourth-order valence-electron chi connectivity index (χ4n) is 0.964. The highest BCUT2D eigenvalue weighted by Gasteiger charge is 2.54. The molecule has 11 heavy (non-hydrogen) atoms. The van der Waals surface area contributed by atoms with Crippen molar-refractivity contribution < 1.29 is 4.52 Å². The Labute approximate surface area is 78.4 Å². The normalized spacial score (nSPS) is 27.0. The lowest BCUT2D eigenvalue weighted by molar-refractivity contribution is 0.413. The SMILES string of the molecule is Clc1cc(C2CC2(Cl)Cl)no1. The van der Waals surface area contributed by atoms with Gasteiger partial charge in [0.05, 0.1) is 5.69 Å². The Bertz CT molecular complexity index is 283. The minimum atomic E-state index is -0.653. The van der Waals surface area contributed by atoms with Crippen LogP contribution in [0.2, 0.25) is 5.22 Å². The molecule has 0 amide bonds. The maximum Gasteiger partial charge on any atom is 0.226 e. The molecule has 2 nitrogen and oxygen atoms in total. The Hall–Kier alpha value is 0.0800. The summed E-state index contributed by atoms with van der Waals surface area (Å²) in [6.07, 6.45) is 0.721. The highest BCUT2D eigenvalue weighted by atomic mass is 35.5. The summed E-state index contributed by atoms with van der Waals surface area (Å²) in [5.41, 5.74) is 0.736. The van der Waals surface area contributed by atoms with E-state index in [2.05, 4.69) is 9.68 Å². The molecule has 0 bridgehead atoms. The molecular weight excluding hydrogens is 208 g/mol. The van der Waals surface area contributed by atoms with Crippen molar-refractivity contribution >= 4 is 34.8 Å². The third-order valence-electron chi connectivity index (χ3n) is 1.68. The predicted octanol–water partition coefficient (Wildman–Crippen LogP) is 2.99. The summed E-state index contributed by atoms with van der Waals surface area (Å²) in [6, 6.07) is 1.64. The second kappa shape index (κ2) is 2.28. The Balaban J connectivity index is 2.20. The number of alkyl halides is 2. The molecule has 0 saturated heterocycles. The first kappa shape index (κ1) is 7.71. The van der Waals surface area contributed by atoms with Crippen LogP contribution in [0.15, 0.2) is 10.6 Å². The lowest BCUT2D eigenvalue weighted by Gasteiger charge is -1.91. The Morgan fingerprint density at radius 3 is 2.64 bits per heavy atom. The van der Waals surface area contributed by atoms with E-state index < -0.39 is 4.33 Å². The van der Waals surface area contributed by atoms with Gasteiger partial charge >= 0.3 is 0 Å². The fourth-order valence-corrected chi connectivity index (χ4v) is 1.64.